The molecule has 0 spiro atoms. The molecule has 1 aliphatic heterocycles. The molecule has 1 amide bonds. The number of aromatic hydroxyl groups is 1. The summed E-state index contributed by atoms with van der Waals surface area (Å²) in [7, 11) is 0. The van der Waals surface area contributed by atoms with E-state index in [9.17, 15) is 9.18 Å². The van der Waals surface area contributed by atoms with E-state index >= 15 is 0 Å². The number of carbonyl (C=O) groups is 1. The SMILES string of the molecule is O=C1CCC(c2ccc(F)c(O)c2)N1. The third-order valence-corrected chi connectivity index (χ3v) is 2.37. The highest BCUT2D eigenvalue weighted by Crippen LogP contribution is 2.27. The second kappa shape index (κ2) is 3.29. The van der Waals surface area contributed by atoms with Gasteiger partial charge >= 0.3 is 0 Å². The van der Waals surface area contributed by atoms with Gasteiger partial charge in [0.2, 0.25) is 5.91 Å². The van der Waals surface area contributed by atoms with Gasteiger partial charge in [-0.05, 0) is 24.1 Å². The van der Waals surface area contributed by atoms with E-state index < -0.39 is 5.82 Å². The number of benzene rings is 1. The van der Waals surface area contributed by atoms with E-state index in [-0.39, 0.29) is 17.7 Å². The van der Waals surface area contributed by atoms with Crippen LogP contribution in [0, 0.1) is 5.82 Å². The lowest BCUT2D eigenvalue weighted by molar-refractivity contribution is -0.119. The molecule has 1 aliphatic rings. The number of amides is 1. The molecule has 0 aliphatic carbocycles. The van der Waals surface area contributed by atoms with Gasteiger partial charge in [-0.25, -0.2) is 4.39 Å². The van der Waals surface area contributed by atoms with Gasteiger partial charge in [-0.3, -0.25) is 4.79 Å². The van der Waals surface area contributed by atoms with Crippen LogP contribution in [0.2, 0.25) is 0 Å². The van der Waals surface area contributed by atoms with Gasteiger partial charge in [0.1, 0.15) is 0 Å². The maximum absolute atomic E-state index is 12.7. The van der Waals surface area contributed by atoms with E-state index in [1.54, 1.807) is 6.07 Å². The third-order valence-electron chi connectivity index (χ3n) is 2.37. The van der Waals surface area contributed by atoms with Crippen molar-refractivity contribution in [1.82, 2.24) is 5.32 Å². The minimum atomic E-state index is -0.641. The Morgan fingerprint density at radius 3 is 2.86 bits per heavy atom. The van der Waals surface area contributed by atoms with Gasteiger partial charge in [0.05, 0.1) is 6.04 Å². The zero-order chi connectivity index (χ0) is 10.1. The van der Waals surface area contributed by atoms with Crippen molar-refractivity contribution in [2.24, 2.45) is 0 Å². The molecule has 1 fully saturated rings. The first-order chi connectivity index (χ1) is 6.66. The van der Waals surface area contributed by atoms with Crippen molar-refractivity contribution >= 4 is 5.91 Å². The second-order valence-electron chi connectivity index (χ2n) is 3.37. The van der Waals surface area contributed by atoms with Crippen molar-refractivity contribution in [2.75, 3.05) is 0 Å². The van der Waals surface area contributed by atoms with Gasteiger partial charge in [-0.1, -0.05) is 6.07 Å². The number of hydrogen-bond acceptors (Lipinski definition) is 2. The van der Waals surface area contributed by atoms with Gasteiger partial charge in [0, 0.05) is 6.42 Å². The van der Waals surface area contributed by atoms with Gasteiger partial charge in [0.25, 0.3) is 0 Å². The zero-order valence-electron chi connectivity index (χ0n) is 7.46. The Balaban J connectivity index is 2.24. The monoisotopic (exact) mass is 195 g/mol. The van der Waals surface area contributed by atoms with E-state index in [2.05, 4.69) is 5.32 Å². The smallest absolute Gasteiger partial charge is 0.220 e. The highest BCUT2D eigenvalue weighted by Gasteiger charge is 2.22. The van der Waals surface area contributed by atoms with Crippen LogP contribution in [0.3, 0.4) is 0 Å². The van der Waals surface area contributed by atoms with Gasteiger partial charge in [0.15, 0.2) is 11.6 Å². The maximum Gasteiger partial charge on any atom is 0.220 e. The minimum Gasteiger partial charge on any atom is -0.505 e. The Morgan fingerprint density at radius 1 is 1.50 bits per heavy atom. The molecule has 0 radical (unpaired) electrons. The van der Waals surface area contributed by atoms with Crippen molar-refractivity contribution in [3.63, 3.8) is 0 Å². The molecule has 4 heteroatoms. The van der Waals surface area contributed by atoms with Crippen molar-refractivity contribution in [1.29, 1.82) is 0 Å². The highest BCUT2D eigenvalue weighted by molar-refractivity contribution is 5.78. The number of carbonyl (C=O) groups excluding carboxylic acids is 1. The normalized spacial score (nSPS) is 20.9. The molecule has 1 aromatic rings. The molecule has 0 bridgehead atoms. The standard InChI is InChI=1S/C10H10FNO2/c11-7-2-1-6(5-9(7)13)8-3-4-10(14)12-8/h1-2,5,8,13H,3-4H2,(H,12,14). The van der Waals surface area contributed by atoms with Crippen LogP contribution in [0.25, 0.3) is 0 Å². The van der Waals surface area contributed by atoms with Crippen LogP contribution in [-0.4, -0.2) is 11.0 Å². The average molecular weight is 195 g/mol. The number of halogens is 1. The Labute approximate surface area is 80.6 Å². The van der Waals surface area contributed by atoms with E-state index in [4.69, 9.17) is 5.11 Å². The Morgan fingerprint density at radius 2 is 2.29 bits per heavy atom. The molecule has 0 saturated carbocycles. The van der Waals surface area contributed by atoms with Crippen molar-refractivity contribution < 1.29 is 14.3 Å². The number of phenols is 1. The molecule has 3 nitrogen and oxygen atoms in total. The van der Waals surface area contributed by atoms with Crippen molar-refractivity contribution in [3.8, 4) is 5.75 Å². The summed E-state index contributed by atoms with van der Waals surface area (Å²) < 4.78 is 12.7. The largest absolute Gasteiger partial charge is 0.505 e. The molecule has 0 aromatic heterocycles. The lowest BCUT2D eigenvalue weighted by Gasteiger charge is -2.10. The fourth-order valence-electron chi connectivity index (χ4n) is 1.61. The first-order valence-corrected chi connectivity index (χ1v) is 4.44. The van der Waals surface area contributed by atoms with Crippen LogP contribution in [0.1, 0.15) is 24.4 Å². The molecule has 2 rings (SSSR count). The predicted octanol–water partition coefficient (Wildman–Crippen LogP) is 1.48. The number of phenolic OH excluding ortho intramolecular Hbond substituents is 1. The number of rotatable bonds is 1. The fourth-order valence-corrected chi connectivity index (χ4v) is 1.61. The molecule has 2 N–H and O–H groups in total. The summed E-state index contributed by atoms with van der Waals surface area (Å²) in [6, 6.07) is 4.04. The summed E-state index contributed by atoms with van der Waals surface area (Å²) in [5.41, 5.74) is 0.745. The molecule has 74 valence electrons. The van der Waals surface area contributed by atoms with E-state index in [1.807, 2.05) is 0 Å². The summed E-state index contributed by atoms with van der Waals surface area (Å²) in [5.74, 6) is -1.01. The Kier molecular flexibility index (Phi) is 2.11. The zero-order valence-corrected chi connectivity index (χ0v) is 7.46. The average Bonchev–Trinajstić information content (AvgIpc) is 2.57. The van der Waals surface area contributed by atoms with Crippen LogP contribution in [0.4, 0.5) is 4.39 Å². The van der Waals surface area contributed by atoms with E-state index in [0.717, 1.165) is 5.56 Å². The van der Waals surface area contributed by atoms with Gasteiger partial charge in [-0.2, -0.15) is 0 Å². The first-order valence-electron chi connectivity index (χ1n) is 4.44. The lowest BCUT2D eigenvalue weighted by atomic mass is 10.1. The molecule has 14 heavy (non-hydrogen) atoms. The van der Waals surface area contributed by atoms with Crippen LogP contribution in [0.15, 0.2) is 18.2 Å². The predicted molar refractivity (Wildman–Crippen MR) is 48.2 cm³/mol. The minimum absolute atomic E-state index is 0.00110. The molecule has 1 heterocycles. The third kappa shape index (κ3) is 1.55. The molecule has 1 atom stereocenters. The van der Waals surface area contributed by atoms with Crippen LogP contribution < -0.4 is 5.32 Å². The van der Waals surface area contributed by atoms with Gasteiger partial charge in [-0.15, -0.1) is 0 Å². The first kappa shape index (κ1) is 8.99. The fraction of sp³-hybridized carbons (Fsp3) is 0.300. The van der Waals surface area contributed by atoms with E-state index in [1.165, 1.54) is 12.1 Å². The van der Waals surface area contributed by atoms with Crippen LogP contribution in [0.5, 0.6) is 5.75 Å². The second-order valence-corrected chi connectivity index (χ2v) is 3.37. The molecule has 1 saturated heterocycles. The van der Waals surface area contributed by atoms with E-state index in [0.29, 0.717) is 12.8 Å². The van der Waals surface area contributed by atoms with Gasteiger partial charge < -0.3 is 10.4 Å². The number of nitrogens with one attached hydrogen (secondary N) is 1. The summed E-state index contributed by atoms with van der Waals surface area (Å²) in [6.45, 7) is 0. The Bertz CT molecular complexity index is 378. The maximum atomic E-state index is 12.7. The summed E-state index contributed by atoms with van der Waals surface area (Å²) in [6.07, 6.45) is 1.19. The molecular weight excluding hydrogens is 185 g/mol. The van der Waals surface area contributed by atoms with Crippen LogP contribution in [-0.2, 0) is 4.79 Å². The molecular formula is C10H10FNO2. The van der Waals surface area contributed by atoms with Crippen molar-refractivity contribution in [2.45, 2.75) is 18.9 Å². The summed E-state index contributed by atoms with van der Waals surface area (Å²) in [5, 5.41) is 11.9. The Hall–Kier alpha value is -1.58. The summed E-state index contributed by atoms with van der Waals surface area (Å²) >= 11 is 0. The topological polar surface area (TPSA) is 49.3 Å². The van der Waals surface area contributed by atoms with Crippen molar-refractivity contribution in [3.05, 3.63) is 29.6 Å². The van der Waals surface area contributed by atoms with Crippen LogP contribution >= 0.6 is 0 Å². The highest BCUT2D eigenvalue weighted by atomic mass is 19.1. The number of hydrogen-bond donors (Lipinski definition) is 2. The quantitative estimate of drug-likeness (QED) is 0.713. The summed E-state index contributed by atoms with van der Waals surface area (Å²) in [4.78, 5) is 10.9. The lowest BCUT2D eigenvalue weighted by Crippen LogP contribution is -2.18. The molecule has 1 aromatic carbocycles. The molecule has 1 unspecified atom stereocenters.